The van der Waals surface area contributed by atoms with E-state index in [-0.39, 0.29) is 48.0 Å². The van der Waals surface area contributed by atoms with Crippen molar-refractivity contribution in [1.82, 2.24) is 5.32 Å². The number of ether oxygens (including phenoxy) is 2. The average molecular weight is 487 g/mol. The predicted molar refractivity (Wildman–Crippen MR) is 126 cm³/mol. The van der Waals surface area contributed by atoms with Crippen molar-refractivity contribution in [3.05, 3.63) is 54.1 Å². The van der Waals surface area contributed by atoms with Gasteiger partial charge in [-0.3, -0.25) is 9.52 Å². The Bertz CT molecular complexity index is 1130. The number of nitrogens with one attached hydrogen (secondary N) is 2. The van der Waals surface area contributed by atoms with Crippen molar-refractivity contribution in [3.63, 3.8) is 0 Å². The van der Waals surface area contributed by atoms with Gasteiger partial charge in [0.25, 0.3) is 10.0 Å². The third-order valence-corrected chi connectivity index (χ3v) is 8.34. The van der Waals surface area contributed by atoms with Gasteiger partial charge in [0.05, 0.1) is 24.0 Å². The Morgan fingerprint density at radius 1 is 1.09 bits per heavy atom. The lowest BCUT2D eigenvalue weighted by Crippen LogP contribution is -2.47. The Balaban J connectivity index is 1.32. The highest BCUT2D eigenvalue weighted by Gasteiger charge is 2.46. The number of carbonyl (C=O) groups excluding carboxylic acids is 1. The molecule has 182 valence electrons. The highest BCUT2D eigenvalue weighted by atomic mass is 32.2. The summed E-state index contributed by atoms with van der Waals surface area (Å²) in [4.78, 5) is 12.8. The molecule has 0 unspecified atom stereocenters. The Kier molecular flexibility index (Phi) is 6.50. The third kappa shape index (κ3) is 4.78. The lowest BCUT2D eigenvalue weighted by atomic mass is 9.84. The van der Waals surface area contributed by atoms with Crippen LogP contribution in [0.4, 0.5) is 5.69 Å². The maximum Gasteiger partial charge on any atom is 0.261 e. The molecule has 9 heteroatoms. The third-order valence-electron chi connectivity index (χ3n) is 6.94. The topological polar surface area (TPSA) is 114 Å². The number of hydrogen-bond donors (Lipinski definition) is 3. The summed E-state index contributed by atoms with van der Waals surface area (Å²) >= 11 is 0. The zero-order valence-corrected chi connectivity index (χ0v) is 19.7. The predicted octanol–water partition coefficient (Wildman–Crippen LogP) is 2.93. The molecule has 1 aliphatic carbocycles. The highest BCUT2D eigenvalue weighted by molar-refractivity contribution is 7.92. The first-order chi connectivity index (χ1) is 16.4. The molecule has 0 spiro atoms. The molecule has 0 radical (unpaired) electrons. The summed E-state index contributed by atoms with van der Waals surface area (Å²) < 4.78 is 40.3. The van der Waals surface area contributed by atoms with Gasteiger partial charge in [-0.05, 0) is 49.6 Å². The first-order valence-electron chi connectivity index (χ1n) is 11.9. The molecule has 3 aliphatic rings. The Morgan fingerprint density at radius 2 is 1.85 bits per heavy atom. The highest BCUT2D eigenvalue weighted by Crippen LogP contribution is 2.47. The van der Waals surface area contributed by atoms with Gasteiger partial charge in [0.15, 0.2) is 0 Å². The molecular formula is C25H30N2O6S. The molecule has 1 saturated carbocycles. The van der Waals surface area contributed by atoms with Gasteiger partial charge in [0.1, 0.15) is 18.0 Å². The van der Waals surface area contributed by atoms with Gasteiger partial charge in [-0.1, -0.05) is 31.0 Å². The molecule has 8 nitrogen and oxygen atoms in total. The largest absolute Gasteiger partial charge is 0.487 e. The number of carbonyl (C=O) groups is 1. The van der Waals surface area contributed by atoms with Gasteiger partial charge in [0.2, 0.25) is 5.91 Å². The van der Waals surface area contributed by atoms with E-state index < -0.39 is 16.1 Å². The van der Waals surface area contributed by atoms with Gasteiger partial charge in [-0.25, -0.2) is 8.42 Å². The molecule has 3 N–H and O–H groups in total. The van der Waals surface area contributed by atoms with Crippen molar-refractivity contribution >= 4 is 21.6 Å². The fraction of sp³-hybridized carbons (Fsp3) is 0.480. The standard InChI is InChI=1S/C25H30N2O6S/c28-15-23-25-21(13-18(32-23)14-24(29)26-16-6-4-5-7-16)20-12-17(10-11-22(20)33-25)27-34(30,31)19-8-2-1-3-9-19/h1-3,8-12,16,18,21,23,25,27-28H,4-7,13-15H2,(H,26,29)/t18-,21-,23+,25+/m1/s1. The zero-order chi connectivity index (χ0) is 23.7. The molecule has 2 heterocycles. The molecule has 2 aliphatic heterocycles. The van der Waals surface area contributed by atoms with Crippen LogP contribution in [0, 0.1) is 0 Å². The van der Waals surface area contributed by atoms with Gasteiger partial charge in [-0.15, -0.1) is 0 Å². The van der Waals surface area contributed by atoms with Crippen molar-refractivity contribution in [2.75, 3.05) is 11.3 Å². The van der Waals surface area contributed by atoms with E-state index in [1.807, 2.05) is 0 Å². The monoisotopic (exact) mass is 486 g/mol. The zero-order valence-electron chi connectivity index (χ0n) is 18.9. The minimum Gasteiger partial charge on any atom is -0.487 e. The Labute approximate surface area is 199 Å². The van der Waals surface area contributed by atoms with Crippen molar-refractivity contribution < 1.29 is 27.8 Å². The van der Waals surface area contributed by atoms with Crippen LogP contribution >= 0.6 is 0 Å². The number of aliphatic hydroxyl groups is 1. The van der Waals surface area contributed by atoms with E-state index in [0.29, 0.717) is 17.9 Å². The number of benzene rings is 2. The minimum absolute atomic E-state index is 0.0319. The molecule has 2 aromatic rings. The SMILES string of the molecule is O=C(C[C@H]1C[C@@H]2c3cc(NS(=O)(=O)c4ccccc4)ccc3O[C@@H]2[C@H](CO)O1)NC1CCCC1. The number of sulfonamides is 1. The maximum absolute atomic E-state index is 12.8. The Hall–Kier alpha value is -2.62. The fourth-order valence-electron chi connectivity index (χ4n) is 5.33. The normalized spacial score (nSPS) is 26.4. The molecular weight excluding hydrogens is 456 g/mol. The first-order valence-corrected chi connectivity index (χ1v) is 13.4. The van der Waals surface area contributed by atoms with E-state index in [9.17, 15) is 18.3 Å². The summed E-state index contributed by atoms with van der Waals surface area (Å²) in [6.07, 6.45) is 3.83. The molecule has 5 rings (SSSR count). The molecule has 0 bridgehead atoms. The molecule has 4 atom stereocenters. The van der Waals surface area contributed by atoms with E-state index in [1.54, 1.807) is 48.5 Å². The van der Waals surface area contributed by atoms with Crippen molar-refractivity contribution in [2.24, 2.45) is 0 Å². The summed E-state index contributed by atoms with van der Waals surface area (Å²) in [5.74, 6) is 0.512. The number of rotatable bonds is 7. The second-order valence-corrected chi connectivity index (χ2v) is 11.0. The van der Waals surface area contributed by atoms with E-state index >= 15 is 0 Å². The number of hydrogen-bond acceptors (Lipinski definition) is 6. The van der Waals surface area contributed by atoms with Crippen LogP contribution in [-0.2, 0) is 19.6 Å². The van der Waals surface area contributed by atoms with Crippen LogP contribution in [-0.4, -0.2) is 50.4 Å². The quantitative estimate of drug-likeness (QED) is 0.555. The van der Waals surface area contributed by atoms with Gasteiger partial charge >= 0.3 is 0 Å². The van der Waals surface area contributed by atoms with Crippen LogP contribution in [0.3, 0.4) is 0 Å². The van der Waals surface area contributed by atoms with E-state index in [0.717, 1.165) is 31.2 Å². The van der Waals surface area contributed by atoms with Gasteiger partial charge < -0.3 is 19.9 Å². The van der Waals surface area contributed by atoms with Crippen LogP contribution in [0.15, 0.2) is 53.4 Å². The summed E-state index contributed by atoms with van der Waals surface area (Å²) in [5.41, 5.74) is 1.30. The second kappa shape index (κ2) is 9.56. The fourth-order valence-corrected chi connectivity index (χ4v) is 6.40. The molecule has 34 heavy (non-hydrogen) atoms. The number of anilines is 1. The Morgan fingerprint density at radius 3 is 2.59 bits per heavy atom. The molecule has 1 saturated heterocycles. The minimum atomic E-state index is -3.72. The van der Waals surface area contributed by atoms with Crippen molar-refractivity contribution in [1.29, 1.82) is 0 Å². The van der Waals surface area contributed by atoms with Gasteiger partial charge in [0, 0.05) is 23.2 Å². The van der Waals surface area contributed by atoms with Crippen LogP contribution in [0.1, 0.15) is 50.0 Å². The van der Waals surface area contributed by atoms with Crippen LogP contribution in [0.5, 0.6) is 5.75 Å². The first kappa shape index (κ1) is 23.1. The van der Waals surface area contributed by atoms with Crippen LogP contribution < -0.4 is 14.8 Å². The molecule has 2 fully saturated rings. The van der Waals surface area contributed by atoms with Crippen molar-refractivity contribution in [3.8, 4) is 5.75 Å². The lowest BCUT2D eigenvalue weighted by molar-refractivity contribution is -0.142. The summed E-state index contributed by atoms with van der Waals surface area (Å²) in [6, 6.07) is 13.6. The van der Waals surface area contributed by atoms with E-state index in [2.05, 4.69) is 10.0 Å². The molecule has 0 aromatic heterocycles. The number of amides is 1. The lowest BCUT2D eigenvalue weighted by Gasteiger charge is -2.37. The van der Waals surface area contributed by atoms with Gasteiger partial charge in [-0.2, -0.15) is 0 Å². The summed E-state index contributed by atoms with van der Waals surface area (Å²) in [7, 11) is -3.72. The average Bonchev–Trinajstić information content (AvgIpc) is 3.46. The number of aliphatic hydroxyl groups excluding tert-OH is 1. The van der Waals surface area contributed by atoms with Crippen LogP contribution in [0.25, 0.3) is 0 Å². The number of fused-ring (bicyclic) bond motifs is 3. The maximum atomic E-state index is 12.8. The van der Waals surface area contributed by atoms with E-state index in [4.69, 9.17) is 9.47 Å². The molecule has 2 aromatic carbocycles. The van der Waals surface area contributed by atoms with Crippen molar-refractivity contribution in [2.45, 2.75) is 73.7 Å². The smallest absolute Gasteiger partial charge is 0.261 e. The van der Waals surface area contributed by atoms with E-state index in [1.165, 1.54) is 0 Å². The summed E-state index contributed by atoms with van der Waals surface area (Å²) in [6.45, 7) is -0.219. The summed E-state index contributed by atoms with van der Waals surface area (Å²) in [5, 5.41) is 13.0. The second-order valence-electron chi connectivity index (χ2n) is 9.33. The molecule has 1 amide bonds. The van der Waals surface area contributed by atoms with Crippen LogP contribution in [0.2, 0.25) is 0 Å².